The van der Waals surface area contributed by atoms with Crippen LogP contribution in [-0.2, 0) is 11.3 Å². The topological polar surface area (TPSA) is 74.9 Å². The van der Waals surface area contributed by atoms with Crippen LogP contribution >= 0.6 is 0 Å². The number of carbonyl (C=O) groups is 1. The molecule has 1 heterocycles. The molecule has 1 aromatic heterocycles. The Hall–Kier alpha value is -2.09. The molecular formula is C10H11N3O2. The first kappa shape index (κ1) is 11.0. The van der Waals surface area contributed by atoms with Crippen molar-refractivity contribution >= 4 is 5.91 Å². The third-order valence-corrected chi connectivity index (χ3v) is 2.09. The van der Waals surface area contributed by atoms with Crippen LogP contribution in [0.25, 0.3) is 0 Å². The molecule has 1 N–H and O–H groups in total. The number of likely N-dealkylation sites (N-methyl/N-ethyl adjacent to an activating group) is 1. The maximum Gasteiger partial charge on any atom is 0.269 e. The van der Waals surface area contributed by atoms with Gasteiger partial charge in [-0.15, -0.1) is 0 Å². The first-order valence-electron chi connectivity index (χ1n) is 4.41. The van der Waals surface area contributed by atoms with Crippen molar-refractivity contribution in [2.75, 3.05) is 7.05 Å². The smallest absolute Gasteiger partial charge is 0.269 e. The van der Waals surface area contributed by atoms with E-state index in [0.717, 1.165) is 0 Å². The lowest BCUT2D eigenvalue weighted by molar-refractivity contribution is -0.121. The molecule has 0 aliphatic rings. The van der Waals surface area contributed by atoms with Crippen LogP contribution in [0.1, 0.15) is 11.3 Å². The fourth-order valence-corrected chi connectivity index (χ4v) is 1.18. The second-order valence-electron chi connectivity index (χ2n) is 3.06. The standard InChI is InChI=1S/C10H11N3O2/c1-7-3-4-8(5-11)10(15)13(7)6-9(14)12-2/h3-4H,6H2,1-2H3,(H,12,14). The number of nitrogens with one attached hydrogen (secondary N) is 1. The van der Waals surface area contributed by atoms with Gasteiger partial charge in [-0.3, -0.25) is 9.59 Å². The normalized spacial score (nSPS) is 9.40. The molecule has 0 fully saturated rings. The average molecular weight is 205 g/mol. The summed E-state index contributed by atoms with van der Waals surface area (Å²) in [5.74, 6) is -0.268. The Balaban J connectivity index is 3.23. The lowest BCUT2D eigenvalue weighted by atomic mass is 10.2. The summed E-state index contributed by atoms with van der Waals surface area (Å²) < 4.78 is 1.28. The van der Waals surface area contributed by atoms with E-state index in [4.69, 9.17) is 5.26 Å². The van der Waals surface area contributed by atoms with Gasteiger partial charge in [0.1, 0.15) is 18.2 Å². The van der Waals surface area contributed by atoms with Crippen LogP contribution < -0.4 is 10.9 Å². The molecule has 1 amide bonds. The molecule has 1 rings (SSSR count). The van der Waals surface area contributed by atoms with E-state index in [-0.39, 0.29) is 18.0 Å². The quantitative estimate of drug-likeness (QED) is 0.725. The Morgan fingerprint density at radius 2 is 2.27 bits per heavy atom. The maximum absolute atomic E-state index is 11.6. The predicted octanol–water partition coefficient (Wildman–Crippen LogP) is -0.226. The van der Waals surface area contributed by atoms with Crippen molar-refractivity contribution in [1.29, 1.82) is 5.26 Å². The minimum absolute atomic E-state index is 0.0458. The zero-order valence-electron chi connectivity index (χ0n) is 8.57. The van der Waals surface area contributed by atoms with E-state index in [9.17, 15) is 9.59 Å². The molecule has 5 nitrogen and oxygen atoms in total. The van der Waals surface area contributed by atoms with E-state index in [1.807, 2.05) is 0 Å². The summed E-state index contributed by atoms with van der Waals surface area (Å²) >= 11 is 0. The van der Waals surface area contributed by atoms with Crippen LogP contribution in [0.15, 0.2) is 16.9 Å². The summed E-state index contributed by atoms with van der Waals surface area (Å²) in [6, 6.07) is 4.89. The van der Waals surface area contributed by atoms with Crippen LogP contribution in [0.4, 0.5) is 0 Å². The molecule has 5 heteroatoms. The zero-order valence-corrected chi connectivity index (χ0v) is 8.57. The minimum atomic E-state index is -0.430. The number of carbonyl (C=O) groups excluding carboxylic acids is 1. The molecule has 0 aliphatic heterocycles. The number of rotatable bonds is 2. The van der Waals surface area contributed by atoms with Crippen molar-refractivity contribution in [2.45, 2.75) is 13.5 Å². The van der Waals surface area contributed by atoms with Gasteiger partial charge in [-0.05, 0) is 19.1 Å². The first-order chi connectivity index (χ1) is 7.10. The summed E-state index contributed by atoms with van der Waals surface area (Å²) in [6.07, 6.45) is 0. The number of aromatic nitrogens is 1. The molecule has 0 spiro atoms. The van der Waals surface area contributed by atoms with Crippen molar-refractivity contribution in [3.63, 3.8) is 0 Å². The summed E-state index contributed by atoms with van der Waals surface area (Å²) in [7, 11) is 1.50. The summed E-state index contributed by atoms with van der Waals surface area (Å²) in [5.41, 5.74) is 0.271. The SMILES string of the molecule is CNC(=O)Cn1c(C)ccc(C#N)c1=O. The fraction of sp³-hybridized carbons (Fsp3) is 0.300. The lowest BCUT2D eigenvalue weighted by Crippen LogP contribution is -2.32. The van der Waals surface area contributed by atoms with Gasteiger partial charge in [0.2, 0.25) is 5.91 Å². The lowest BCUT2D eigenvalue weighted by Gasteiger charge is -2.08. The van der Waals surface area contributed by atoms with Gasteiger partial charge in [0.05, 0.1) is 0 Å². The molecule has 0 radical (unpaired) electrons. The first-order valence-corrected chi connectivity index (χ1v) is 4.41. The highest BCUT2D eigenvalue weighted by atomic mass is 16.2. The van der Waals surface area contributed by atoms with Crippen LogP contribution in [0.3, 0.4) is 0 Å². The monoisotopic (exact) mass is 205 g/mol. The van der Waals surface area contributed by atoms with Gasteiger partial charge >= 0.3 is 0 Å². The molecule has 78 valence electrons. The fourth-order valence-electron chi connectivity index (χ4n) is 1.18. The molecule has 0 saturated heterocycles. The second kappa shape index (κ2) is 4.42. The second-order valence-corrected chi connectivity index (χ2v) is 3.06. The largest absolute Gasteiger partial charge is 0.358 e. The number of amides is 1. The Labute approximate surface area is 87.0 Å². The molecule has 0 aromatic carbocycles. The average Bonchev–Trinajstić information content (AvgIpc) is 2.24. The number of hydrogen-bond donors (Lipinski definition) is 1. The van der Waals surface area contributed by atoms with E-state index in [2.05, 4.69) is 5.32 Å². The molecule has 1 aromatic rings. The van der Waals surface area contributed by atoms with Gasteiger partial charge in [0.15, 0.2) is 0 Å². The van der Waals surface area contributed by atoms with Gasteiger partial charge in [-0.1, -0.05) is 0 Å². The predicted molar refractivity (Wildman–Crippen MR) is 54.2 cm³/mol. The van der Waals surface area contributed by atoms with Crippen LogP contribution in [0.2, 0.25) is 0 Å². The molecule has 0 bridgehead atoms. The maximum atomic E-state index is 11.6. The van der Waals surface area contributed by atoms with Crippen molar-refractivity contribution in [2.24, 2.45) is 0 Å². The summed E-state index contributed by atoms with van der Waals surface area (Å²) in [5, 5.41) is 11.1. The van der Waals surface area contributed by atoms with Gasteiger partial charge < -0.3 is 9.88 Å². The summed E-state index contributed by atoms with van der Waals surface area (Å²) in [6.45, 7) is 1.65. The highest BCUT2D eigenvalue weighted by Gasteiger charge is 2.08. The number of aryl methyl sites for hydroxylation is 1. The van der Waals surface area contributed by atoms with Gasteiger partial charge in [0, 0.05) is 12.7 Å². The molecular weight excluding hydrogens is 194 g/mol. The number of nitriles is 1. The highest BCUT2D eigenvalue weighted by Crippen LogP contribution is 1.97. The van der Waals surface area contributed by atoms with Crippen molar-refractivity contribution in [3.8, 4) is 6.07 Å². The third kappa shape index (κ3) is 2.23. The molecule has 0 saturated carbocycles. The number of hydrogen-bond acceptors (Lipinski definition) is 3. The van der Waals surface area contributed by atoms with E-state index >= 15 is 0 Å². The number of nitrogens with zero attached hydrogens (tertiary/aromatic N) is 2. The van der Waals surface area contributed by atoms with Gasteiger partial charge in [-0.25, -0.2) is 0 Å². The molecule has 15 heavy (non-hydrogen) atoms. The Bertz CT molecular complexity index is 482. The number of pyridine rings is 1. The van der Waals surface area contributed by atoms with Crippen molar-refractivity contribution in [1.82, 2.24) is 9.88 Å². The van der Waals surface area contributed by atoms with E-state index in [1.165, 1.54) is 17.7 Å². The molecule has 0 atom stereocenters. The molecule has 0 aliphatic carbocycles. The van der Waals surface area contributed by atoms with Crippen LogP contribution in [-0.4, -0.2) is 17.5 Å². The van der Waals surface area contributed by atoms with Gasteiger partial charge in [0.25, 0.3) is 5.56 Å². The van der Waals surface area contributed by atoms with Gasteiger partial charge in [-0.2, -0.15) is 5.26 Å². The van der Waals surface area contributed by atoms with E-state index in [0.29, 0.717) is 5.69 Å². The van der Waals surface area contributed by atoms with E-state index < -0.39 is 5.56 Å². The minimum Gasteiger partial charge on any atom is -0.358 e. The van der Waals surface area contributed by atoms with Crippen LogP contribution in [0, 0.1) is 18.3 Å². The zero-order chi connectivity index (χ0) is 11.4. The van der Waals surface area contributed by atoms with E-state index in [1.54, 1.807) is 19.1 Å². The third-order valence-electron chi connectivity index (χ3n) is 2.09. The highest BCUT2D eigenvalue weighted by molar-refractivity contribution is 5.75. The van der Waals surface area contributed by atoms with Crippen molar-refractivity contribution < 1.29 is 4.79 Å². The Morgan fingerprint density at radius 3 is 2.80 bits per heavy atom. The Kier molecular flexibility index (Phi) is 3.24. The Morgan fingerprint density at radius 1 is 1.60 bits per heavy atom. The summed E-state index contributed by atoms with van der Waals surface area (Å²) in [4.78, 5) is 22.8. The molecule has 0 unspecified atom stereocenters. The van der Waals surface area contributed by atoms with Crippen molar-refractivity contribution in [3.05, 3.63) is 33.7 Å². The van der Waals surface area contributed by atoms with Crippen LogP contribution in [0.5, 0.6) is 0 Å².